The third-order valence-corrected chi connectivity index (χ3v) is 5.66. The lowest BCUT2D eigenvalue weighted by Gasteiger charge is -2.10. The molecule has 0 saturated heterocycles. The number of hydrogen-bond donors (Lipinski definition) is 3. The summed E-state index contributed by atoms with van der Waals surface area (Å²) < 4.78 is 24.4. The molecule has 10 heteroatoms. The number of carbonyl (C=O) groups excluding carboxylic acids is 1. The largest absolute Gasteiger partial charge is 0.454 e. The summed E-state index contributed by atoms with van der Waals surface area (Å²) in [6, 6.07) is 11.9. The third kappa shape index (κ3) is 5.92. The van der Waals surface area contributed by atoms with Crippen LogP contribution in [-0.2, 0) is 11.2 Å². The zero-order valence-electron chi connectivity index (χ0n) is 20.3. The Balaban J connectivity index is 1.31. The molecule has 0 radical (unpaired) electrons. The van der Waals surface area contributed by atoms with Gasteiger partial charge in [-0.2, -0.15) is 0 Å². The Morgan fingerprint density at radius 1 is 1.11 bits per heavy atom. The summed E-state index contributed by atoms with van der Waals surface area (Å²) in [6.45, 7) is 4.24. The number of nitrogens with zero attached hydrogens (tertiary/aromatic N) is 3. The van der Waals surface area contributed by atoms with Gasteiger partial charge in [0.05, 0.1) is 0 Å². The first-order valence-electron chi connectivity index (χ1n) is 11.7. The lowest BCUT2D eigenvalue weighted by atomic mass is 10.1. The molecule has 188 valence electrons. The lowest BCUT2D eigenvalue weighted by molar-refractivity contribution is -0.115. The van der Waals surface area contributed by atoms with Crippen LogP contribution in [0.15, 0.2) is 59.7 Å². The number of H-pyrrole nitrogens is 1. The molecule has 3 heterocycles. The summed E-state index contributed by atoms with van der Waals surface area (Å²) in [5.74, 6) is 1.15. The lowest BCUT2D eigenvalue weighted by Crippen LogP contribution is -2.35. The van der Waals surface area contributed by atoms with Crippen molar-refractivity contribution in [3.8, 4) is 11.5 Å². The minimum absolute atomic E-state index is 0.183. The zero-order valence-corrected chi connectivity index (χ0v) is 20.3. The van der Waals surface area contributed by atoms with Crippen molar-refractivity contribution in [3.63, 3.8) is 0 Å². The van der Waals surface area contributed by atoms with E-state index in [0.29, 0.717) is 30.4 Å². The second kappa shape index (κ2) is 10.5. The summed E-state index contributed by atoms with van der Waals surface area (Å²) in [7, 11) is 0. The van der Waals surface area contributed by atoms with Crippen LogP contribution in [0.25, 0.3) is 17.0 Å². The highest BCUT2D eigenvalue weighted by Crippen LogP contribution is 2.32. The Morgan fingerprint density at radius 3 is 2.76 bits per heavy atom. The maximum atomic E-state index is 13.7. The van der Waals surface area contributed by atoms with E-state index in [1.165, 1.54) is 18.2 Å². The number of aliphatic imine (C=N–C) groups is 1. The molecule has 0 aliphatic carbocycles. The predicted octanol–water partition coefficient (Wildman–Crippen LogP) is 4.28. The van der Waals surface area contributed by atoms with E-state index in [1.54, 1.807) is 24.3 Å². The highest BCUT2D eigenvalue weighted by atomic mass is 19.1. The van der Waals surface area contributed by atoms with Crippen LogP contribution in [0.3, 0.4) is 0 Å². The van der Waals surface area contributed by atoms with Gasteiger partial charge in [0.25, 0.3) is 5.91 Å². The van der Waals surface area contributed by atoms with Gasteiger partial charge in [-0.05, 0) is 73.9 Å². The van der Waals surface area contributed by atoms with Gasteiger partial charge in [-0.15, -0.1) is 0 Å². The monoisotopic (exact) mass is 500 g/mol. The number of ether oxygens (including phenoxy) is 2. The number of carbonyl (C=O) groups is 1. The van der Waals surface area contributed by atoms with E-state index in [4.69, 9.17) is 9.47 Å². The van der Waals surface area contributed by atoms with Gasteiger partial charge in [0.2, 0.25) is 18.7 Å². The Kier molecular flexibility index (Phi) is 6.80. The fourth-order valence-electron chi connectivity index (χ4n) is 3.99. The number of halogens is 1. The average Bonchev–Trinajstić information content (AvgIpc) is 3.48. The molecule has 1 amide bonds. The molecule has 3 N–H and O–H groups in total. The number of nitrogens with one attached hydrogen (secondary N) is 3. The Morgan fingerprint density at radius 2 is 1.92 bits per heavy atom. The topological polar surface area (TPSA) is 114 Å². The van der Waals surface area contributed by atoms with E-state index in [0.717, 1.165) is 33.4 Å². The number of guanidine groups is 1. The zero-order chi connectivity index (χ0) is 25.8. The van der Waals surface area contributed by atoms with Crippen molar-refractivity contribution in [3.05, 3.63) is 83.1 Å². The van der Waals surface area contributed by atoms with Gasteiger partial charge in [-0.3, -0.25) is 20.4 Å². The molecule has 37 heavy (non-hydrogen) atoms. The van der Waals surface area contributed by atoms with Crippen LogP contribution in [0.4, 0.5) is 10.3 Å². The van der Waals surface area contributed by atoms with E-state index in [-0.39, 0.29) is 24.5 Å². The summed E-state index contributed by atoms with van der Waals surface area (Å²) in [4.78, 5) is 29.1. The Hall–Kier alpha value is -4.73. The second-order valence-electron chi connectivity index (χ2n) is 8.52. The normalized spacial score (nSPS) is 12.9. The molecule has 0 saturated carbocycles. The van der Waals surface area contributed by atoms with Crippen LogP contribution in [0.5, 0.6) is 11.5 Å². The van der Waals surface area contributed by atoms with Crippen molar-refractivity contribution in [1.29, 1.82) is 0 Å². The van der Waals surface area contributed by atoms with Crippen LogP contribution in [0, 0.1) is 19.7 Å². The van der Waals surface area contributed by atoms with Gasteiger partial charge in [-0.1, -0.05) is 6.07 Å². The van der Waals surface area contributed by atoms with E-state index in [2.05, 4.69) is 30.6 Å². The van der Waals surface area contributed by atoms with Gasteiger partial charge in [0, 0.05) is 41.1 Å². The van der Waals surface area contributed by atoms with Crippen LogP contribution < -0.4 is 20.1 Å². The first kappa shape index (κ1) is 24.0. The van der Waals surface area contributed by atoms with Crippen molar-refractivity contribution in [2.24, 2.45) is 4.99 Å². The molecule has 1 aliphatic rings. The van der Waals surface area contributed by atoms with E-state index in [1.807, 2.05) is 32.2 Å². The standard InChI is InChI=1S/C27H25FN6O3/c1-16-11-17(2)32-27(31-16)34-26(29-10-9-19-14-30-22-6-5-20(28)13-21(19)22)33-25(35)8-4-18-3-7-23-24(12-18)37-15-36-23/h3-8,11-14,30H,9-10,15H2,1-2H3,(H2,29,31,32,33,34,35)/b8-4+. The van der Waals surface area contributed by atoms with Gasteiger partial charge in [0.15, 0.2) is 11.5 Å². The van der Waals surface area contributed by atoms with E-state index >= 15 is 0 Å². The first-order chi connectivity index (χ1) is 17.9. The van der Waals surface area contributed by atoms with Crippen molar-refractivity contribution < 1.29 is 18.7 Å². The molecule has 0 unspecified atom stereocenters. The number of benzene rings is 2. The van der Waals surface area contributed by atoms with Crippen molar-refractivity contribution in [2.45, 2.75) is 20.3 Å². The van der Waals surface area contributed by atoms with Crippen LogP contribution in [-0.4, -0.2) is 40.2 Å². The molecular formula is C27H25FN6O3. The van der Waals surface area contributed by atoms with Gasteiger partial charge < -0.3 is 14.5 Å². The number of aryl methyl sites for hydroxylation is 2. The average molecular weight is 501 g/mol. The maximum absolute atomic E-state index is 13.7. The smallest absolute Gasteiger partial charge is 0.250 e. The van der Waals surface area contributed by atoms with Crippen molar-refractivity contribution in [2.75, 3.05) is 18.7 Å². The summed E-state index contributed by atoms with van der Waals surface area (Å²) in [5, 5.41) is 6.57. The molecule has 0 fully saturated rings. The summed E-state index contributed by atoms with van der Waals surface area (Å²) in [5.41, 5.74) is 4.13. The molecule has 0 spiro atoms. The highest BCUT2D eigenvalue weighted by molar-refractivity contribution is 6.08. The number of amides is 1. The van der Waals surface area contributed by atoms with Gasteiger partial charge in [0.1, 0.15) is 5.82 Å². The highest BCUT2D eigenvalue weighted by Gasteiger charge is 2.13. The number of aromatic amines is 1. The molecule has 2 aromatic heterocycles. The van der Waals surface area contributed by atoms with Crippen LogP contribution >= 0.6 is 0 Å². The number of fused-ring (bicyclic) bond motifs is 2. The molecule has 9 nitrogen and oxygen atoms in total. The van der Waals surface area contributed by atoms with Crippen LogP contribution in [0.1, 0.15) is 22.5 Å². The van der Waals surface area contributed by atoms with E-state index < -0.39 is 0 Å². The minimum Gasteiger partial charge on any atom is -0.454 e. The minimum atomic E-state index is -0.387. The molecule has 0 bridgehead atoms. The maximum Gasteiger partial charge on any atom is 0.250 e. The Bertz CT molecular complexity index is 1510. The second-order valence-corrected chi connectivity index (χ2v) is 8.52. The fourth-order valence-corrected chi connectivity index (χ4v) is 3.99. The van der Waals surface area contributed by atoms with Crippen molar-refractivity contribution >= 4 is 34.8 Å². The summed E-state index contributed by atoms with van der Waals surface area (Å²) >= 11 is 0. The Labute approximate surface area is 212 Å². The number of anilines is 1. The number of hydrogen-bond acceptors (Lipinski definition) is 6. The van der Waals surface area contributed by atoms with Crippen LogP contribution in [0.2, 0.25) is 0 Å². The van der Waals surface area contributed by atoms with Crippen molar-refractivity contribution in [1.82, 2.24) is 20.3 Å². The predicted molar refractivity (Wildman–Crippen MR) is 139 cm³/mol. The molecule has 1 aliphatic heterocycles. The third-order valence-electron chi connectivity index (χ3n) is 5.66. The fraction of sp³-hybridized carbons (Fsp3) is 0.185. The molecule has 2 aromatic carbocycles. The van der Waals surface area contributed by atoms with E-state index in [9.17, 15) is 9.18 Å². The quantitative estimate of drug-likeness (QED) is 0.207. The van der Waals surface area contributed by atoms with Gasteiger partial charge >= 0.3 is 0 Å². The SMILES string of the molecule is Cc1cc(C)nc(NC(=NCCc2c[nH]c3ccc(F)cc23)NC(=O)/C=C/c2ccc3c(c2)OCO3)n1. The first-order valence-corrected chi connectivity index (χ1v) is 11.7. The number of rotatable bonds is 6. The molecule has 5 rings (SSSR count). The summed E-state index contributed by atoms with van der Waals surface area (Å²) in [6.07, 6.45) is 5.44. The number of aromatic nitrogens is 3. The molecular weight excluding hydrogens is 475 g/mol. The molecule has 0 atom stereocenters. The molecule has 4 aromatic rings. The van der Waals surface area contributed by atoms with Gasteiger partial charge in [-0.25, -0.2) is 14.4 Å².